The predicted molar refractivity (Wildman–Crippen MR) is 84.6 cm³/mol. The molecule has 0 radical (unpaired) electrons. The molecule has 5 nitrogen and oxygen atoms in total. The minimum atomic E-state index is -0.275. The van der Waals surface area contributed by atoms with E-state index in [-0.39, 0.29) is 30.8 Å². The zero-order valence-corrected chi connectivity index (χ0v) is 13.2. The van der Waals surface area contributed by atoms with Gasteiger partial charge in [0.25, 0.3) is 5.91 Å². The SMILES string of the molecule is O=C(c1cccc2c1OCO2)N1CCC[C@@H]1[C@@H]1CCCC[C@@H]1O. The molecule has 5 heteroatoms. The van der Waals surface area contributed by atoms with Gasteiger partial charge >= 0.3 is 0 Å². The molecule has 1 amide bonds. The van der Waals surface area contributed by atoms with Crippen molar-refractivity contribution in [1.29, 1.82) is 0 Å². The number of aliphatic hydroxyl groups excluding tert-OH is 1. The van der Waals surface area contributed by atoms with Gasteiger partial charge in [0, 0.05) is 18.5 Å². The predicted octanol–water partition coefficient (Wildman–Crippen LogP) is 2.57. The van der Waals surface area contributed by atoms with Crippen LogP contribution in [-0.2, 0) is 0 Å². The summed E-state index contributed by atoms with van der Waals surface area (Å²) in [5.41, 5.74) is 0.581. The third kappa shape index (κ3) is 2.57. The molecule has 1 saturated carbocycles. The summed E-state index contributed by atoms with van der Waals surface area (Å²) in [6.07, 6.45) is 5.84. The minimum Gasteiger partial charge on any atom is -0.454 e. The van der Waals surface area contributed by atoms with Crippen molar-refractivity contribution in [2.45, 2.75) is 50.7 Å². The Morgan fingerprint density at radius 3 is 2.87 bits per heavy atom. The Balaban J connectivity index is 1.59. The topological polar surface area (TPSA) is 59.0 Å². The Morgan fingerprint density at radius 1 is 1.13 bits per heavy atom. The number of amides is 1. The largest absolute Gasteiger partial charge is 0.454 e. The Hall–Kier alpha value is -1.75. The third-order valence-electron chi connectivity index (χ3n) is 5.46. The van der Waals surface area contributed by atoms with Crippen LogP contribution in [0.5, 0.6) is 11.5 Å². The van der Waals surface area contributed by atoms with Gasteiger partial charge in [-0.25, -0.2) is 0 Å². The van der Waals surface area contributed by atoms with Crippen LogP contribution in [0.1, 0.15) is 48.9 Å². The summed E-state index contributed by atoms with van der Waals surface area (Å²) in [7, 11) is 0. The molecule has 3 atom stereocenters. The highest BCUT2D eigenvalue weighted by Gasteiger charge is 2.40. The number of nitrogens with zero attached hydrogens (tertiary/aromatic N) is 1. The van der Waals surface area contributed by atoms with E-state index in [2.05, 4.69) is 0 Å². The number of carbonyl (C=O) groups is 1. The summed E-state index contributed by atoms with van der Waals surface area (Å²) in [6, 6.07) is 5.62. The minimum absolute atomic E-state index is 0.00706. The Morgan fingerprint density at radius 2 is 2.00 bits per heavy atom. The zero-order chi connectivity index (χ0) is 15.8. The summed E-state index contributed by atoms with van der Waals surface area (Å²) in [5.74, 6) is 1.42. The van der Waals surface area contributed by atoms with Crippen LogP contribution in [0.25, 0.3) is 0 Å². The molecule has 2 heterocycles. The standard InChI is InChI=1S/C18H23NO4/c20-15-8-2-1-5-12(15)14-7-4-10-19(14)18(21)13-6-3-9-16-17(13)23-11-22-16/h3,6,9,12,14-15,20H,1-2,4-5,7-8,10-11H2/t12-,14+,15-/m0/s1. The fourth-order valence-corrected chi connectivity index (χ4v) is 4.33. The van der Waals surface area contributed by atoms with Gasteiger partial charge in [0.1, 0.15) is 0 Å². The van der Waals surface area contributed by atoms with E-state index in [9.17, 15) is 9.90 Å². The lowest BCUT2D eigenvalue weighted by molar-refractivity contribution is 0.0210. The van der Waals surface area contributed by atoms with Crippen LogP contribution in [-0.4, -0.2) is 41.4 Å². The van der Waals surface area contributed by atoms with Gasteiger partial charge in [0.05, 0.1) is 11.7 Å². The normalized spacial score (nSPS) is 29.8. The molecule has 1 N–H and O–H groups in total. The van der Waals surface area contributed by atoms with Gasteiger partial charge in [-0.2, -0.15) is 0 Å². The average Bonchev–Trinajstić information content (AvgIpc) is 3.23. The number of rotatable bonds is 2. The van der Waals surface area contributed by atoms with Crippen molar-refractivity contribution in [3.8, 4) is 11.5 Å². The van der Waals surface area contributed by atoms with Gasteiger partial charge in [0.15, 0.2) is 11.5 Å². The molecule has 1 saturated heterocycles. The maximum Gasteiger partial charge on any atom is 0.258 e. The lowest BCUT2D eigenvalue weighted by Gasteiger charge is -2.37. The number of fused-ring (bicyclic) bond motifs is 1. The van der Waals surface area contributed by atoms with Crippen LogP contribution in [0.15, 0.2) is 18.2 Å². The number of aliphatic hydroxyl groups is 1. The Kier molecular flexibility index (Phi) is 3.89. The molecule has 23 heavy (non-hydrogen) atoms. The van der Waals surface area contributed by atoms with E-state index in [1.54, 1.807) is 0 Å². The maximum atomic E-state index is 13.1. The fourth-order valence-electron chi connectivity index (χ4n) is 4.33. The van der Waals surface area contributed by atoms with Gasteiger partial charge < -0.3 is 19.5 Å². The molecule has 0 spiro atoms. The zero-order valence-electron chi connectivity index (χ0n) is 13.2. The second-order valence-electron chi connectivity index (χ2n) is 6.76. The average molecular weight is 317 g/mol. The van der Waals surface area contributed by atoms with Crippen LogP contribution in [0.2, 0.25) is 0 Å². The van der Waals surface area contributed by atoms with E-state index in [0.717, 1.165) is 45.1 Å². The number of carbonyl (C=O) groups excluding carboxylic acids is 1. The van der Waals surface area contributed by atoms with Crippen molar-refractivity contribution in [3.05, 3.63) is 23.8 Å². The Labute approximate surface area is 136 Å². The van der Waals surface area contributed by atoms with Crippen molar-refractivity contribution in [2.75, 3.05) is 13.3 Å². The van der Waals surface area contributed by atoms with Crippen molar-refractivity contribution in [2.24, 2.45) is 5.92 Å². The lowest BCUT2D eigenvalue weighted by atomic mass is 9.80. The molecule has 0 unspecified atom stereocenters. The second-order valence-corrected chi connectivity index (χ2v) is 6.76. The van der Waals surface area contributed by atoms with Crippen LogP contribution in [0.3, 0.4) is 0 Å². The number of hydrogen-bond donors (Lipinski definition) is 1. The molecular weight excluding hydrogens is 294 g/mol. The molecule has 124 valence electrons. The van der Waals surface area contributed by atoms with Crippen molar-refractivity contribution >= 4 is 5.91 Å². The van der Waals surface area contributed by atoms with Crippen molar-refractivity contribution < 1.29 is 19.4 Å². The summed E-state index contributed by atoms with van der Waals surface area (Å²) < 4.78 is 10.9. The highest BCUT2D eigenvalue weighted by atomic mass is 16.7. The molecular formula is C18H23NO4. The van der Waals surface area contributed by atoms with E-state index in [4.69, 9.17) is 9.47 Å². The second kappa shape index (κ2) is 6.04. The summed E-state index contributed by atoms with van der Waals surface area (Å²) in [4.78, 5) is 15.0. The first-order valence-electron chi connectivity index (χ1n) is 8.63. The van der Waals surface area contributed by atoms with Gasteiger partial charge in [-0.3, -0.25) is 4.79 Å². The highest BCUT2D eigenvalue weighted by molar-refractivity contribution is 5.98. The van der Waals surface area contributed by atoms with Crippen LogP contribution >= 0.6 is 0 Å². The quantitative estimate of drug-likeness (QED) is 0.911. The lowest BCUT2D eigenvalue weighted by Crippen LogP contribution is -2.45. The molecule has 2 fully saturated rings. The van der Waals surface area contributed by atoms with E-state index >= 15 is 0 Å². The monoisotopic (exact) mass is 317 g/mol. The van der Waals surface area contributed by atoms with Crippen LogP contribution < -0.4 is 9.47 Å². The number of ether oxygens (including phenoxy) is 2. The van der Waals surface area contributed by atoms with E-state index in [1.807, 2.05) is 23.1 Å². The molecule has 1 aromatic carbocycles. The fraction of sp³-hybridized carbons (Fsp3) is 0.611. The Bertz CT molecular complexity index is 603. The van der Waals surface area contributed by atoms with E-state index in [1.165, 1.54) is 0 Å². The molecule has 0 aromatic heterocycles. The van der Waals surface area contributed by atoms with Gasteiger partial charge in [-0.1, -0.05) is 18.9 Å². The molecule has 1 aromatic rings. The molecule has 1 aliphatic carbocycles. The summed E-state index contributed by atoms with van der Waals surface area (Å²) >= 11 is 0. The molecule has 0 bridgehead atoms. The first-order valence-corrected chi connectivity index (χ1v) is 8.63. The van der Waals surface area contributed by atoms with Gasteiger partial charge in [-0.15, -0.1) is 0 Å². The number of likely N-dealkylation sites (tertiary alicyclic amines) is 1. The van der Waals surface area contributed by atoms with E-state index < -0.39 is 0 Å². The number of benzene rings is 1. The number of para-hydroxylation sites is 1. The van der Waals surface area contributed by atoms with Crippen LogP contribution in [0, 0.1) is 5.92 Å². The van der Waals surface area contributed by atoms with Crippen molar-refractivity contribution in [1.82, 2.24) is 4.90 Å². The van der Waals surface area contributed by atoms with Gasteiger partial charge in [0.2, 0.25) is 6.79 Å². The van der Waals surface area contributed by atoms with Crippen molar-refractivity contribution in [3.63, 3.8) is 0 Å². The van der Waals surface area contributed by atoms with Gasteiger partial charge in [-0.05, 0) is 37.8 Å². The summed E-state index contributed by atoms with van der Waals surface area (Å²) in [5, 5.41) is 10.4. The van der Waals surface area contributed by atoms with Crippen LogP contribution in [0.4, 0.5) is 0 Å². The number of hydrogen-bond acceptors (Lipinski definition) is 4. The van der Waals surface area contributed by atoms with E-state index in [0.29, 0.717) is 17.1 Å². The highest BCUT2D eigenvalue weighted by Crippen LogP contribution is 2.39. The first kappa shape index (κ1) is 14.8. The maximum absolute atomic E-state index is 13.1. The molecule has 2 aliphatic heterocycles. The molecule has 4 rings (SSSR count). The smallest absolute Gasteiger partial charge is 0.258 e. The molecule has 3 aliphatic rings. The third-order valence-corrected chi connectivity index (χ3v) is 5.46. The summed E-state index contributed by atoms with van der Waals surface area (Å²) in [6.45, 7) is 0.932. The first-order chi connectivity index (χ1) is 11.3.